The van der Waals surface area contributed by atoms with Crippen LogP contribution in [0.4, 0.5) is 13.2 Å². The molecule has 0 heterocycles. The molecule has 3 aromatic rings. The molecule has 0 unspecified atom stereocenters. The van der Waals surface area contributed by atoms with Gasteiger partial charge in [-0.1, -0.05) is 18.2 Å². The number of hydrogen-bond acceptors (Lipinski definition) is 4. The predicted molar refractivity (Wildman–Crippen MR) is 119 cm³/mol. The van der Waals surface area contributed by atoms with E-state index in [-0.39, 0.29) is 5.75 Å². The summed E-state index contributed by atoms with van der Waals surface area (Å²) in [4.78, 5) is 12.8. The van der Waals surface area contributed by atoms with Gasteiger partial charge >= 0.3 is 12.1 Å². The Kier molecular flexibility index (Phi) is 9.94. The zero-order chi connectivity index (χ0) is 23.4. The molecule has 0 fully saturated rings. The summed E-state index contributed by atoms with van der Waals surface area (Å²) in [7, 11) is 0. The van der Waals surface area contributed by atoms with Crippen molar-refractivity contribution >= 4 is 17.7 Å². The van der Waals surface area contributed by atoms with Gasteiger partial charge in [-0.25, -0.2) is 4.79 Å². The lowest BCUT2D eigenvalue weighted by Gasteiger charge is -2.05. The van der Waals surface area contributed by atoms with E-state index in [2.05, 4.69) is 29.0 Å². The average Bonchev–Trinajstić information content (AvgIpc) is 2.77. The van der Waals surface area contributed by atoms with Crippen LogP contribution in [0, 0.1) is 0 Å². The van der Waals surface area contributed by atoms with E-state index in [1.165, 1.54) is 45.8 Å². The first-order chi connectivity index (χ1) is 15.3. The van der Waals surface area contributed by atoms with E-state index >= 15 is 0 Å². The SMILES string of the molecule is CCOc1ccc([SH+]c2ccc(OCC)cc2)cc1.O=C(Oc1ccccc1)C(F)(F)F. The van der Waals surface area contributed by atoms with Crippen molar-refractivity contribution in [1.29, 1.82) is 0 Å². The Hall–Kier alpha value is -3.13. The molecule has 8 heteroatoms. The largest absolute Gasteiger partial charge is 0.494 e. The smallest absolute Gasteiger partial charge is 0.491 e. The maximum Gasteiger partial charge on any atom is 0.491 e. The van der Waals surface area contributed by atoms with Crippen molar-refractivity contribution < 1.29 is 32.2 Å². The maximum atomic E-state index is 11.7. The highest BCUT2D eigenvalue weighted by molar-refractivity contribution is 7.78. The van der Waals surface area contributed by atoms with Crippen molar-refractivity contribution in [3.8, 4) is 17.2 Å². The van der Waals surface area contributed by atoms with Crippen molar-refractivity contribution in [3.05, 3.63) is 78.9 Å². The highest BCUT2D eigenvalue weighted by atomic mass is 32.2. The molecule has 3 rings (SSSR count). The van der Waals surface area contributed by atoms with E-state index in [4.69, 9.17) is 9.47 Å². The molecule has 4 nitrogen and oxygen atoms in total. The van der Waals surface area contributed by atoms with E-state index < -0.39 is 12.1 Å². The number of ether oxygens (including phenoxy) is 3. The molecule has 32 heavy (non-hydrogen) atoms. The third-order valence-corrected chi connectivity index (χ3v) is 4.85. The van der Waals surface area contributed by atoms with Crippen LogP contribution < -0.4 is 14.2 Å². The maximum absolute atomic E-state index is 11.7. The number of thiol groups is 1. The fraction of sp³-hybridized carbons (Fsp3) is 0.208. The summed E-state index contributed by atoms with van der Waals surface area (Å²) in [5.74, 6) is -0.482. The quantitative estimate of drug-likeness (QED) is 0.189. The standard InChI is InChI=1S/C16H18O2S.C8H5F3O2/c1-3-17-13-5-9-15(10-6-13)19-16-11-7-14(8-12-16)18-4-2;9-8(10,11)7(12)13-6-4-2-1-3-5-6/h5-12H,3-4H2,1-2H3;1-5H/p+1. The lowest BCUT2D eigenvalue weighted by atomic mass is 10.3. The molecule has 0 saturated carbocycles. The second-order valence-electron chi connectivity index (χ2n) is 6.17. The third-order valence-electron chi connectivity index (χ3n) is 3.74. The van der Waals surface area contributed by atoms with E-state index in [1.807, 2.05) is 38.1 Å². The molecule has 0 aliphatic rings. The van der Waals surface area contributed by atoms with Crippen molar-refractivity contribution in [3.63, 3.8) is 0 Å². The Labute approximate surface area is 189 Å². The number of rotatable bonds is 7. The Balaban J connectivity index is 0.000000244. The minimum Gasteiger partial charge on any atom is -0.494 e. The van der Waals surface area contributed by atoms with Gasteiger partial charge in [-0.15, -0.1) is 0 Å². The van der Waals surface area contributed by atoms with Crippen LogP contribution in [0.2, 0.25) is 0 Å². The lowest BCUT2D eigenvalue weighted by Crippen LogP contribution is -2.27. The number of hydrogen-bond donors (Lipinski definition) is 0. The van der Waals surface area contributed by atoms with E-state index in [1.54, 1.807) is 6.07 Å². The van der Waals surface area contributed by atoms with Gasteiger partial charge in [0.25, 0.3) is 0 Å². The zero-order valence-corrected chi connectivity index (χ0v) is 18.5. The fourth-order valence-electron chi connectivity index (χ4n) is 2.37. The molecule has 0 atom stereocenters. The van der Waals surface area contributed by atoms with Crippen LogP contribution in [-0.2, 0) is 16.6 Å². The zero-order valence-electron chi connectivity index (χ0n) is 17.6. The highest BCUT2D eigenvalue weighted by Crippen LogP contribution is 2.20. The summed E-state index contributed by atoms with van der Waals surface area (Å²) in [6.07, 6.45) is -4.95. The van der Waals surface area contributed by atoms with Gasteiger partial charge in [-0.2, -0.15) is 13.2 Å². The normalized spacial score (nSPS) is 10.5. The average molecular weight is 466 g/mol. The van der Waals surface area contributed by atoms with Crippen LogP contribution in [0.3, 0.4) is 0 Å². The molecule has 0 spiro atoms. The summed E-state index contributed by atoms with van der Waals surface area (Å²) in [5.41, 5.74) is 0. The van der Waals surface area contributed by atoms with Crippen molar-refractivity contribution in [2.24, 2.45) is 0 Å². The van der Waals surface area contributed by atoms with Crippen LogP contribution >= 0.6 is 0 Å². The molecule has 0 aromatic heterocycles. The van der Waals surface area contributed by atoms with Crippen molar-refractivity contribution in [2.45, 2.75) is 29.8 Å². The fourth-order valence-corrected chi connectivity index (χ4v) is 3.26. The topological polar surface area (TPSA) is 44.8 Å². The second-order valence-corrected chi connectivity index (χ2v) is 7.42. The molecule has 0 aliphatic heterocycles. The molecule has 0 aliphatic carbocycles. The van der Waals surface area contributed by atoms with E-state index in [9.17, 15) is 18.0 Å². The molecular weight excluding hydrogens is 441 g/mol. The number of para-hydroxylation sites is 1. The summed E-state index contributed by atoms with van der Waals surface area (Å²) in [5, 5.41) is 0. The Morgan fingerprint density at radius 2 is 1.16 bits per heavy atom. The van der Waals surface area contributed by atoms with Gasteiger partial charge < -0.3 is 14.2 Å². The molecule has 0 amide bonds. The van der Waals surface area contributed by atoms with Crippen molar-refractivity contribution in [2.75, 3.05) is 13.2 Å². The third kappa shape index (κ3) is 8.93. The Morgan fingerprint density at radius 3 is 1.53 bits per heavy atom. The summed E-state index contributed by atoms with van der Waals surface area (Å²) >= 11 is 1.20. The second kappa shape index (κ2) is 12.7. The molecule has 0 saturated heterocycles. The van der Waals surface area contributed by atoms with Gasteiger partial charge in [0.15, 0.2) is 9.79 Å². The minimum atomic E-state index is -4.95. The predicted octanol–water partition coefficient (Wildman–Crippen LogP) is 5.87. The molecule has 3 aromatic carbocycles. The number of alkyl halides is 3. The summed E-state index contributed by atoms with van der Waals surface area (Å²) < 4.78 is 49.9. The van der Waals surface area contributed by atoms with Gasteiger partial charge in [0, 0.05) is 11.8 Å². The number of esters is 1. The summed E-state index contributed by atoms with van der Waals surface area (Å²) in [6.45, 7) is 5.39. The van der Waals surface area contributed by atoms with Crippen LogP contribution in [0.15, 0.2) is 88.7 Å². The Bertz CT molecular complexity index is 896. The van der Waals surface area contributed by atoms with E-state index in [0.29, 0.717) is 13.2 Å². The van der Waals surface area contributed by atoms with E-state index in [0.717, 1.165) is 11.5 Å². The first-order valence-corrected chi connectivity index (χ1v) is 10.7. The van der Waals surface area contributed by atoms with Gasteiger partial charge in [0.05, 0.1) is 13.2 Å². The van der Waals surface area contributed by atoms with Crippen LogP contribution in [0.25, 0.3) is 0 Å². The highest BCUT2D eigenvalue weighted by Gasteiger charge is 2.41. The first-order valence-electron chi connectivity index (χ1n) is 9.83. The van der Waals surface area contributed by atoms with Crippen molar-refractivity contribution in [1.82, 2.24) is 0 Å². The monoisotopic (exact) mass is 465 g/mol. The van der Waals surface area contributed by atoms with Crippen LogP contribution in [-0.4, -0.2) is 25.4 Å². The van der Waals surface area contributed by atoms with Gasteiger partial charge in [-0.05, 0) is 74.5 Å². The summed E-state index contributed by atoms with van der Waals surface area (Å²) in [6, 6.07) is 23.5. The van der Waals surface area contributed by atoms with Gasteiger partial charge in [0.1, 0.15) is 17.2 Å². The van der Waals surface area contributed by atoms with Crippen LogP contribution in [0.5, 0.6) is 17.2 Å². The molecule has 0 radical (unpaired) electrons. The van der Waals surface area contributed by atoms with Crippen LogP contribution in [0.1, 0.15) is 13.8 Å². The van der Waals surface area contributed by atoms with Gasteiger partial charge in [-0.3, -0.25) is 0 Å². The Morgan fingerprint density at radius 1 is 0.719 bits per heavy atom. The molecular formula is C24H24F3O4S+. The van der Waals surface area contributed by atoms with Gasteiger partial charge in [0.2, 0.25) is 0 Å². The molecule has 0 N–H and O–H groups in total. The number of benzene rings is 3. The number of carbonyl (C=O) groups excluding carboxylic acids is 1. The minimum absolute atomic E-state index is 0.121. The number of halogens is 3. The first kappa shape index (κ1) is 25.1. The lowest BCUT2D eigenvalue weighted by molar-refractivity contribution is -0.189. The number of carbonyl (C=O) groups is 1. The molecule has 170 valence electrons. The molecule has 0 bridgehead atoms.